The topological polar surface area (TPSA) is 81.1 Å². The van der Waals surface area contributed by atoms with E-state index in [4.69, 9.17) is 0 Å². The molecule has 7 heteroatoms. The van der Waals surface area contributed by atoms with E-state index >= 15 is 0 Å². The van der Waals surface area contributed by atoms with Crippen LogP contribution in [0, 0.1) is 20.8 Å². The number of amides is 1. The number of hydrogen-bond donors (Lipinski definition) is 1. The van der Waals surface area contributed by atoms with Crippen molar-refractivity contribution in [2.24, 2.45) is 0 Å². The standard InChI is InChI=1S/C26H25N3O3S/c1-18-12-14-21(15-13-18)24-16-25(26(30)28-33(31,32)22-10-5-4-6-11-22)29(27-24)17-23-19(2)8-7-9-20(23)3/h4-16H,17H2,1-3H3,(H,28,30). The Morgan fingerprint density at radius 2 is 1.52 bits per heavy atom. The molecule has 0 aliphatic heterocycles. The molecule has 0 unspecified atom stereocenters. The summed E-state index contributed by atoms with van der Waals surface area (Å²) in [5, 5.41) is 4.67. The number of carbonyl (C=O) groups is 1. The van der Waals surface area contributed by atoms with Crippen LogP contribution >= 0.6 is 0 Å². The summed E-state index contributed by atoms with van der Waals surface area (Å²) in [7, 11) is -4.02. The first-order chi connectivity index (χ1) is 15.7. The van der Waals surface area contributed by atoms with Crippen LogP contribution in [0.15, 0.2) is 83.8 Å². The fourth-order valence-corrected chi connectivity index (χ4v) is 4.65. The first-order valence-electron chi connectivity index (χ1n) is 10.6. The number of nitrogens with one attached hydrogen (secondary N) is 1. The van der Waals surface area contributed by atoms with Gasteiger partial charge in [-0.3, -0.25) is 9.48 Å². The lowest BCUT2D eigenvalue weighted by Crippen LogP contribution is -2.32. The molecule has 6 nitrogen and oxygen atoms in total. The molecule has 1 aromatic heterocycles. The molecule has 3 aromatic carbocycles. The maximum absolute atomic E-state index is 13.2. The second-order valence-corrected chi connectivity index (χ2v) is 9.74. The first kappa shape index (κ1) is 22.5. The summed E-state index contributed by atoms with van der Waals surface area (Å²) >= 11 is 0. The van der Waals surface area contributed by atoms with Gasteiger partial charge in [0, 0.05) is 5.56 Å². The van der Waals surface area contributed by atoms with Gasteiger partial charge in [0.2, 0.25) is 0 Å². The molecule has 0 aliphatic carbocycles. The minimum atomic E-state index is -4.02. The van der Waals surface area contributed by atoms with Gasteiger partial charge in [-0.05, 0) is 55.7 Å². The molecule has 0 bridgehead atoms. The number of sulfonamides is 1. The van der Waals surface area contributed by atoms with Crippen molar-refractivity contribution in [2.75, 3.05) is 0 Å². The summed E-state index contributed by atoms with van der Waals surface area (Å²) < 4.78 is 29.3. The molecule has 0 aliphatic rings. The van der Waals surface area contributed by atoms with Gasteiger partial charge in [0.15, 0.2) is 0 Å². The zero-order chi connectivity index (χ0) is 23.6. The lowest BCUT2D eigenvalue weighted by Gasteiger charge is -2.13. The average molecular weight is 460 g/mol. The number of aromatic nitrogens is 2. The van der Waals surface area contributed by atoms with Crippen LogP contribution < -0.4 is 4.72 Å². The molecule has 0 fully saturated rings. The number of rotatable bonds is 6. The normalized spacial score (nSPS) is 11.4. The molecular weight excluding hydrogens is 434 g/mol. The van der Waals surface area contributed by atoms with Gasteiger partial charge in [-0.15, -0.1) is 0 Å². The Morgan fingerprint density at radius 3 is 2.15 bits per heavy atom. The molecule has 0 saturated heterocycles. The highest BCUT2D eigenvalue weighted by Crippen LogP contribution is 2.23. The van der Waals surface area contributed by atoms with Crippen molar-refractivity contribution in [3.05, 3.63) is 107 Å². The van der Waals surface area contributed by atoms with Gasteiger partial charge in [0.05, 0.1) is 17.1 Å². The van der Waals surface area contributed by atoms with E-state index < -0.39 is 15.9 Å². The smallest absolute Gasteiger partial charge is 0.266 e. The quantitative estimate of drug-likeness (QED) is 0.455. The lowest BCUT2D eigenvalue weighted by molar-refractivity contribution is 0.0971. The van der Waals surface area contributed by atoms with Crippen LogP contribution in [0.4, 0.5) is 0 Å². The van der Waals surface area contributed by atoms with Crippen molar-refractivity contribution >= 4 is 15.9 Å². The monoisotopic (exact) mass is 459 g/mol. The highest BCUT2D eigenvalue weighted by Gasteiger charge is 2.23. The van der Waals surface area contributed by atoms with Crippen LogP contribution in [-0.2, 0) is 16.6 Å². The van der Waals surface area contributed by atoms with Crippen molar-refractivity contribution in [1.29, 1.82) is 0 Å². The molecule has 33 heavy (non-hydrogen) atoms. The van der Waals surface area contributed by atoms with Crippen LogP contribution in [-0.4, -0.2) is 24.1 Å². The minimum Gasteiger partial charge on any atom is -0.266 e. The Bertz CT molecular complexity index is 1390. The lowest BCUT2D eigenvalue weighted by atomic mass is 10.0. The van der Waals surface area contributed by atoms with Crippen LogP contribution in [0.1, 0.15) is 32.7 Å². The zero-order valence-corrected chi connectivity index (χ0v) is 19.6. The molecule has 1 amide bonds. The van der Waals surface area contributed by atoms with E-state index in [1.807, 2.05) is 63.2 Å². The van der Waals surface area contributed by atoms with E-state index in [0.29, 0.717) is 12.2 Å². The Kier molecular flexibility index (Phi) is 6.16. The molecule has 1 N–H and O–H groups in total. The minimum absolute atomic E-state index is 0.0259. The first-order valence-corrected chi connectivity index (χ1v) is 12.0. The zero-order valence-electron chi connectivity index (χ0n) is 18.7. The van der Waals surface area contributed by atoms with Crippen molar-refractivity contribution < 1.29 is 13.2 Å². The third-order valence-corrected chi connectivity index (χ3v) is 6.94. The van der Waals surface area contributed by atoms with E-state index in [1.165, 1.54) is 12.1 Å². The predicted octanol–water partition coefficient (Wildman–Crippen LogP) is 4.64. The molecule has 1 heterocycles. The number of carbonyl (C=O) groups excluding carboxylic acids is 1. The van der Waals surface area contributed by atoms with E-state index in [9.17, 15) is 13.2 Å². The summed E-state index contributed by atoms with van der Waals surface area (Å²) in [6.45, 7) is 6.35. The van der Waals surface area contributed by atoms with Crippen molar-refractivity contribution in [3.63, 3.8) is 0 Å². The fourth-order valence-electron chi connectivity index (χ4n) is 3.67. The van der Waals surface area contributed by atoms with Gasteiger partial charge in [-0.1, -0.05) is 66.2 Å². The van der Waals surface area contributed by atoms with Crippen LogP contribution in [0.25, 0.3) is 11.3 Å². The molecule has 0 spiro atoms. The van der Waals surface area contributed by atoms with Gasteiger partial charge in [-0.25, -0.2) is 13.1 Å². The third-order valence-electron chi connectivity index (χ3n) is 5.59. The molecular formula is C26H25N3O3S. The van der Waals surface area contributed by atoms with Gasteiger partial charge in [-0.2, -0.15) is 5.10 Å². The summed E-state index contributed by atoms with van der Waals surface area (Å²) in [6, 6.07) is 23.3. The van der Waals surface area contributed by atoms with Crippen LogP contribution in [0.3, 0.4) is 0 Å². The summed E-state index contributed by atoms with van der Waals surface area (Å²) in [5.74, 6) is -0.726. The Hall–Kier alpha value is -3.71. The maximum Gasteiger partial charge on any atom is 0.283 e. The van der Waals surface area contributed by atoms with E-state index in [0.717, 1.165) is 27.8 Å². The summed E-state index contributed by atoms with van der Waals surface area (Å²) in [5.41, 5.74) is 5.92. The summed E-state index contributed by atoms with van der Waals surface area (Å²) in [6.07, 6.45) is 0. The van der Waals surface area contributed by atoms with Crippen molar-refractivity contribution in [3.8, 4) is 11.3 Å². The van der Waals surface area contributed by atoms with Crippen molar-refractivity contribution in [1.82, 2.24) is 14.5 Å². The van der Waals surface area contributed by atoms with Crippen molar-refractivity contribution in [2.45, 2.75) is 32.2 Å². The number of hydrogen-bond acceptors (Lipinski definition) is 4. The van der Waals surface area contributed by atoms with Crippen LogP contribution in [0.5, 0.6) is 0 Å². The maximum atomic E-state index is 13.2. The SMILES string of the molecule is Cc1ccc(-c2cc(C(=O)NS(=O)(=O)c3ccccc3)n(Cc3c(C)cccc3C)n2)cc1. The molecule has 4 aromatic rings. The van der Waals surface area contributed by atoms with E-state index in [1.54, 1.807) is 28.9 Å². The Balaban J connectivity index is 1.75. The van der Waals surface area contributed by atoms with Gasteiger partial charge < -0.3 is 0 Å². The molecule has 168 valence electrons. The Morgan fingerprint density at radius 1 is 0.879 bits per heavy atom. The van der Waals surface area contributed by atoms with Gasteiger partial charge in [0.1, 0.15) is 5.69 Å². The van der Waals surface area contributed by atoms with Crippen LogP contribution in [0.2, 0.25) is 0 Å². The van der Waals surface area contributed by atoms with E-state index in [2.05, 4.69) is 9.82 Å². The number of nitrogens with zero attached hydrogens (tertiary/aromatic N) is 2. The number of aryl methyl sites for hydroxylation is 3. The molecule has 4 rings (SSSR count). The van der Waals surface area contributed by atoms with Gasteiger partial charge >= 0.3 is 0 Å². The molecule has 0 radical (unpaired) electrons. The van der Waals surface area contributed by atoms with E-state index in [-0.39, 0.29) is 10.6 Å². The third kappa shape index (κ3) is 4.88. The number of benzene rings is 3. The predicted molar refractivity (Wildman–Crippen MR) is 129 cm³/mol. The Labute approximate surface area is 194 Å². The highest BCUT2D eigenvalue weighted by atomic mass is 32.2. The largest absolute Gasteiger partial charge is 0.283 e. The van der Waals surface area contributed by atoms with Gasteiger partial charge in [0.25, 0.3) is 15.9 Å². The highest BCUT2D eigenvalue weighted by molar-refractivity contribution is 7.90. The molecule has 0 atom stereocenters. The second kappa shape index (κ2) is 9.03. The fraction of sp³-hybridized carbons (Fsp3) is 0.154. The molecule has 0 saturated carbocycles. The second-order valence-electron chi connectivity index (χ2n) is 8.06. The summed E-state index contributed by atoms with van der Waals surface area (Å²) in [4.78, 5) is 13.2. The average Bonchev–Trinajstić information content (AvgIpc) is 3.21.